The predicted octanol–water partition coefficient (Wildman–Crippen LogP) is 3.60. The van der Waals surface area contributed by atoms with E-state index in [9.17, 15) is 13.2 Å². The molecule has 0 bridgehead atoms. The zero-order valence-corrected chi connectivity index (χ0v) is 16.2. The Labute approximate surface area is 167 Å². The molecule has 1 aliphatic heterocycles. The topological polar surface area (TPSA) is 54.6 Å². The largest absolute Gasteiger partial charge is 0.484 e. The van der Waals surface area contributed by atoms with Crippen LogP contribution in [-0.4, -0.2) is 58.9 Å². The van der Waals surface area contributed by atoms with Crippen LogP contribution >= 0.6 is 0 Å². The van der Waals surface area contributed by atoms with E-state index in [2.05, 4.69) is 19.9 Å². The number of hydrogen-bond donors (Lipinski definition) is 0. The van der Waals surface area contributed by atoms with Gasteiger partial charge in [0, 0.05) is 25.6 Å². The van der Waals surface area contributed by atoms with Crippen LogP contribution in [0.1, 0.15) is 42.5 Å². The van der Waals surface area contributed by atoms with Crippen LogP contribution in [0.15, 0.2) is 28.8 Å². The Morgan fingerprint density at radius 1 is 1.07 bits per heavy atom. The molecule has 0 atom stereocenters. The summed E-state index contributed by atoms with van der Waals surface area (Å²) in [4.78, 5) is 9.14. The molecule has 1 aromatic carbocycles. The van der Waals surface area contributed by atoms with Crippen LogP contribution < -0.4 is 4.74 Å². The summed E-state index contributed by atoms with van der Waals surface area (Å²) >= 11 is 0. The molecule has 1 aromatic heterocycles. The van der Waals surface area contributed by atoms with Crippen LogP contribution in [0.5, 0.6) is 5.75 Å². The molecule has 158 valence electrons. The molecular weight excluding hydrogens is 385 g/mol. The molecule has 0 amide bonds. The lowest BCUT2D eigenvalue weighted by Gasteiger charge is -2.21. The number of ether oxygens (including phenoxy) is 1. The maximum absolute atomic E-state index is 12.3. The first-order chi connectivity index (χ1) is 13.9. The molecule has 0 radical (unpaired) electrons. The molecule has 1 aliphatic carbocycles. The number of nitrogens with zero attached hydrogens (tertiary/aromatic N) is 4. The van der Waals surface area contributed by atoms with E-state index in [-0.39, 0.29) is 5.75 Å². The number of hydrogen-bond acceptors (Lipinski definition) is 6. The minimum atomic E-state index is -4.33. The average molecular weight is 410 g/mol. The fourth-order valence-electron chi connectivity index (χ4n) is 3.53. The lowest BCUT2D eigenvalue weighted by atomic mass is 10.2. The number of alkyl halides is 3. The number of benzene rings is 1. The van der Waals surface area contributed by atoms with Crippen molar-refractivity contribution in [3.8, 4) is 5.75 Å². The second-order valence-electron chi connectivity index (χ2n) is 7.78. The summed E-state index contributed by atoms with van der Waals surface area (Å²) < 4.78 is 47.2. The standard InChI is InChI=1S/C20H25F3N4O2/c21-20(22,23)14-28-17-4-1-3-15(11-17)12-26-7-2-8-27(10-9-26)13-18-24-19(29-25-18)16-5-6-16/h1,3-4,11,16H,2,5-10,12-14H2. The second kappa shape index (κ2) is 8.71. The van der Waals surface area contributed by atoms with Gasteiger partial charge in [0.2, 0.25) is 5.89 Å². The highest BCUT2D eigenvalue weighted by Crippen LogP contribution is 2.38. The van der Waals surface area contributed by atoms with Gasteiger partial charge in [0.15, 0.2) is 12.4 Å². The molecule has 1 saturated heterocycles. The third-order valence-electron chi connectivity index (χ3n) is 5.16. The minimum absolute atomic E-state index is 0.250. The molecule has 4 rings (SSSR count). The lowest BCUT2D eigenvalue weighted by Crippen LogP contribution is -2.30. The second-order valence-corrected chi connectivity index (χ2v) is 7.78. The molecule has 0 spiro atoms. The summed E-state index contributed by atoms with van der Waals surface area (Å²) in [7, 11) is 0. The molecular formula is C20H25F3N4O2. The van der Waals surface area contributed by atoms with Crippen LogP contribution in [0.2, 0.25) is 0 Å². The van der Waals surface area contributed by atoms with Crippen LogP contribution in [-0.2, 0) is 13.1 Å². The van der Waals surface area contributed by atoms with E-state index >= 15 is 0 Å². The summed E-state index contributed by atoms with van der Waals surface area (Å²) in [6.07, 6.45) is -1.04. The van der Waals surface area contributed by atoms with Crippen molar-refractivity contribution in [3.05, 3.63) is 41.5 Å². The van der Waals surface area contributed by atoms with Crippen molar-refractivity contribution in [1.82, 2.24) is 19.9 Å². The van der Waals surface area contributed by atoms with Crippen LogP contribution in [0.25, 0.3) is 0 Å². The number of rotatable bonds is 7. The van der Waals surface area contributed by atoms with Gasteiger partial charge >= 0.3 is 6.18 Å². The van der Waals surface area contributed by atoms with Gasteiger partial charge in [0.1, 0.15) is 5.75 Å². The Kier molecular flexibility index (Phi) is 6.05. The summed E-state index contributed by atoms with van der Waals surface area (Å²) in [6.45, 7) is 3.75. The Bertz CT molecular complexity index is 807. The SMILES string of the molecule is FC(F)(F)COc1cccc(CN2CCCN(Cc3noc(C4CC4)n3)CC2)c1. The van der Waals surface area contributed by atoms with Crippen molar-refractivity contribution in [2.75, 3.05) is 32.8 Å². The smallest absolute Gasteiger partial charge is 0.422 e. The first-order valence-corrected chi connectivity index (χ1v) is 10.0. The Morgan fingerprint density at radius 2 is 1.83 bits per heavy atom. The van der Waals surface area contributed by atoms with Crippen molar-refractivity contribution >= 4 is 0 Å². The van der Waals surface area contributed by atoms with Gasteiger partial charge in [-0.15, -0.1) is 0 Å². The Hall–Kier alpha value is -2.13. The van der Waals surface area contributed by atoms with E-state index in [0.29, 0.717) is 19.0 Å². The van der Waals surface area contributed by atoms with Crippen molar-refractivity contribution in [2.45, 2.75) is 44.4 Å². The molecule has 0 N–H and O–H groups in total. The molecule has 6 nitrogen and oxygen atoms in total. The normalized spacial score (nSPS) is 19.3. The van der Waals surface area contributed by atoms with E-state index in [1.54, 1.807) is 18.2 Å². The number of halogens is 3. The molecule has 2 aliphatic rings. The maximum Gasteiger partial charge on any atom is 0.422 e. The Balaban J connectivity index is 1.27. The van der Waals surface area contributed by atoms with Crippen molar-refractivity contribution < 1.29 is 22.4 Å². The van der Waals surface area contributed by atoms with Gasteiger partial charge in [-0.3, -0.25) is 9.80 Å². The van der Waals surface area contributed by atoms with Crippen molar-refractivity contribution in [3.63, 3.8) is 0 Å². The minimum Gasteiger partial charge on any atom is -0.484 e. The fourth-order valence-corrected chi connectivity index (χ4v) is 3.53. The zero-order valence-electron chi connectivity index (χ0n) is 16.2. The van der Waals surface area contributed by atoms with E-state index < -0.39 is 12.8 Å². The van der Waals surface area contributed by atoms with E-state index in [1.807, 2.05) is 6.07 Å². The van der Waals surface area contributed by atoms with Crippen molar-refractivity contribution in [1.29, 1.82) is 0 Å². The summed E-state index contributed by atoms with van der Waals surface area (Å²) in [5.41, 5.74) is 0.949. The molecule has 9 heteroatoms. The van der Waals surface area contributed by atoms with Gasteiger partial charge < -0.3 is 9.26 Å². The van der Waals surface area contributed by atoms with Crippen LogP contribution in [0.4, 0.5) is 13.2 Å². The molecule has 2 fully saturated rings. The third kappa shape index (κ3) is 6.17. The van der Waals surface area contributed by atoms with Gasteiger partial charge in [-0.2, -0.15) is 18.2 Å². The van der Waals surface area contributed by atoms with Gasteiger partial charge in [0.25, 0.3) is 0 Å². The van der Waals surface area contributed by atoms with Gasteiger partial charge in [-0.1, -0.05) is 17.3 Å². The first-order valence-electron chi connectivity index (χ1n) is 10.0. The van der Waals surface area contributed by atoms with Gasteiger partial charge in [-0.05, 0) is 50.0 Å². The quantitative estimate of drug-likeness (QED) is 0.695. The third-order valence-corrected chi connectivity index (χ3v) is 5.16. The highest BCUT2D eigenvalue weighted by Gasteiger charge is 2.30. The molecule has 2 aromatic rings. The van der Waals surface area contributed by atoms with Gasteiger partial charge in [0.05, 0.1) is 6.54 Å². The van der Waals surface area contributed by atoms with Gasteiger partial charge in [-0.25, -0.2) is 0 Å². The van der Waals surface area contributed by atoms with Crippen LogP contribution in [0.3, 0.4) is 0 Å². The highest BCUT2D eigenvalue weighted by atomic mass is 19.4. The summed E-state index contributed by atoms with van der Waals surface area (Å²) in [5, 5.41) is 4.10. The maximum atomic E-state index is 12.3. The highest BCUT2D eigenvalue weighted by molar-refractivity contribution is 5.28. The molecule has 2 heterocycles. The predicted molar refractivity (Wildman–Crippen MR) is 99.4 cm³/mol. The monoisotopic (exact) mass is 410 g/mol. The summed E-state index contributed by atoms with van der Waals surface area (Å²) in [6, 6.07) is 6.90. The summed E-state index contributed by atoms with van der Waals surface area (Å²) in [5.74, 6) is 2.23. The lowest BCUT2D eigenvalue weighted by molar-refractivity contribution is -0.153. The molecule has 0 unspecified atom stereocenters. The first kappa shape index (κ1) is 20.2. The number of aromatic nitrogens is 2. The Morgan fingerprint density at radius 3 is 2.55 bits per heavy atom. The van der Waals surface area contributed by atoms with Crippen molar-refractivity contribution in [2.24, 2.45) is 0 Å². The molecule has 29 heavy (non-hydrogen) atoms. The van der Waals surface area contributed by atoms with Crippen LogP contribution in [0, 0.1) is 0 Å². The van der Waals surface area contributed by atoms with E-state index in [4.69, 9.17) is 9.26 Å². The zero-order chi connectivity index (χ0) is 20.3. The van der Waals surface area contributed by atoms with E-state index in [1.165, 1.54) is 0 Å². The average Bonchev–Trinajstić information content (AvgIpc) is 3.46. The fraction of sp³-hybridized carbons (Fsp3) is 0.600. The van der Waals surface area contributed by atoms with E-state index in [0.717, 1.165) is 62.7 Å². The molecule has 1 saturated carbocycles.